The highest BCUT2D eigenvalue weighted by atomic mass is 32.2. The summed E-state index contributed by atoms with van der Waals surface area (Å²) in [7, 11) is -3.60. The summed E-state index contributed by atoms with van der Waals surface area (Å²) in [5.41, 5.74) is 2.01. The lowest BCUT2D eigenvalue weighted by molar-refractivity contribution is 0.543. The second-order valence-electron chi connectivity index (χ2n) is 5.20. The largest absolute Gasteiger partial charge is 0.268 e. The number of aromatic nitrogens is 2. The molecular weight excluding hydrogens is 302 g/mol. The molecule has 22 heavy (non-hydrogen) atoms. The first-order chi connectivity index (χ1) is 10.3. The van der Waals surface area contributed by atoms with Crippen molar-refractivity contribution in [3.05, 3.63) is 57.5 Å². The van der Waals surface area contributed by atoms with Gasteiger partial charge in [0, 0.05) is 12.6 Å². The Balaban J connectivity index is 2.12. The van der Waals surface area contributed by atoms with E-state index < -0.39 is 10.0 Å². The minimum absolute atomic E-state index is 0.103. The third kappa shape index (κ3) is 3.80. The fourth-order valence-corrected chi connectivity index (χ4v) is 3.42. The zero-order valence-corrected chi connectivity index (χ0v) is 13.6. The van der Waals surface area contributed by atoms with Crippen LogP contribution in [0.15, 0.2) is 40.0 Å². The fraction of sp³-hybridized carbons (Fsp3) is 0.333. The van der Waals surface area contributed by atoms with Crippen LogP contribution >= 0.6 is 0 Å². The topological polar surface area (TPSA) is 81.1 Å². The average molecular weight is 321 g/mol. The molecule has 2 aromatic rings. The maximum atomic E-state index is 12.3. The number of aryl methyl sites for hydroxylation is 3. The van der Waals surface area contributed by atoms with Gasteiger partial charge in [0.25, 0.3) is 5.56 Å². The van der Waals surface area contributed by atoms with Gasteiger partial charge in [0.05, 0.1) is 17.1 Å². The zero-order valence-electron chi connectivity index (χ0n) is 12.8. The lowest BCUT2D eigenvalue weighted by atomic mass is 10.2. The molecular formula is C15H19N3O3S. The summed E-state index contributed by atoms with van der Waals surface area (Å²) in [6, 6.07) is 8.32. The standard InChI is InChI=1S/C15H19N3O3S/c1-11-4-5-12(2)14(10-11)22(20,21)16-8-9-18-15(19)7-6-13(3)17-18/h4-7,10,16H,8-9H2,1-3H3. The number of nitrogens with zero attached hydrogens (tertiary/aromatic N) is 2. The molecule has 7 heteroatoms. The Kier molecular flexibility index (Phi) is 4.77. The molecule has 1 heterocycles. The number of sulfonamides is 1. The molecule has 0 spiro atoms. The molecule has 0 fully saturated rings. The maximum Gasteiger partial charge on any atom is 0.266 e. The summed E-state index contributed by atoms with van der Waals surface area (Å²) in [6.45, 7) is 5.65. The van der Waals surface area contributed by atoms with Crippen molar-refractivity contribution >= 4 is 10.0 Å². The number of hydrogen-bond donors (Lipinski definition) is 1. The summed E-state index contributed by atoms with van der Waals surface area (Å²) in [5, 5.41) is 4.07. The molecule has 0 saturated carbocycles. The van der Waals surface area contributed by atoms with Crippen LogP contribution in [0.1, 0.15) is 16.8 Å². The molecule has 2 rings (SSSR count). The van der Waals surface area contributed by atoms with Gasteiger partial charge in [0.2, 0.25) is 10.0 Å². The van der Waals surface area contributed by atoms with Gasteiger partial charge in [-0.15, -0.1) is 0 Å². The molecule has 1 aromatic carbocycles. The van der Waals surface area contributed by atoms with Crippen LogP contribution < -0.4 is 10.3 Å². The molecule has 0 aliphatic carbocycles. The van der Waals surface area contributed by atoms with Crippen LogP contribution in [0.4, 0.5) is 0 Å². The second-order valence-corrected chi connectivity index (χ2v) is 6.94. The number of benzene rings is 1. The first-order valence-corrected chi connectivity index (χ1v) is 8.39. The SMILES string of the molecule is Cc1ccc(C)c(S(=O)(=O)NCCn2nc(C)ccc2=O)c1. The van der Waals surface area contributed by atoms with Crippen molar-refractivity contribution in [2.24, 2.45) is 0 Å². The van der Waals surface area contributed by atoms with Gasteiger partial charge in [-0.3, -0.25) is 4.79 Å². The molecule has 0 radical (unpaired) electrons. The van der Waals surface area contributed by atoms with Gasteiger partial charge in [-0.2, -0.15) is 5.10 Å². The molecule has 0 amide bonds. The van der Waals surface area contributed by atoms with Gasteiger partial charge < -0.3 is 0 Å². The minimum Gasteiger partial charge on any atom is -0.268 e. The Morgan fingerprint density at radius 3 is 2.59 bits per heavy atom. The molecule has 0 unspecified atom stereocenters. The Bertz CT molecular complexity index is 841. The van der Waals surface area contributed by atoms with Crippen molar-refractivity contribution in [3.8, 4) is 0 Å². The molecule has 0 bridgehead atoms. The number of rotatable bonds is 5. The quantitative estimate of drug-likeness (QED) is 0.895. The molecule has 0 aliphatic rings. The predicted octanol–water partition coefficient (Wildman–Crippen LogP) is 1.15. The molecule has 118 valence electrons. The van der Waals surface area contributed by atoms with Gasteiger partial charge >= 0.3 is 0 Å². The van der Waals surface area contributed by atoms with E-state index in [0.717, 1.165) is 5.56 Å². The lowest BCUT2D eigenvalue weighted by Gasteiger charge is -2.10. The van der Waals surface area contributed by atoms with Gasteiger partial charge in [0.15, 0.2) is 0 Å². The molecule has 6 nitrogen and oxygen atoms in total. The Morgan fingerprint density at radius 2 is 1.86 bits per heavy atom. The van der Waals surface area contributed by atoms with Crippen molar-refractivity contribution < 1.29 is 8.42 Å². The summed E-state index contributed by atoms with van der Waals surface area (Å²) >= 11 is 0. The predicted molar refractivity (Wildman–Crippen MR) is 84.3 cm³/mol. The highest BCUT2D eigenvalue weighted by Crippen LogP contribution is 2.16. The van der Waals surface area contributed by atoms with Gasteiger partial charge in [-0.25, -0.2) is 17.8 Å². The third-order valence-electron chi connectivity index (χ3n) is 3.25. The van der Waals surface area contributed by atoms with E-state index in [1.54, 1.807) is 32.0 Å². The van der Waals surface area contributed by atoms with E-state index in [0.29, 0.717) is 11.3 Å². The summed E-state index contributed by atoms with van der Waals surface area (Å²) in [6.07, 6.45) is 0. The zero-order chi connectivity index (χ0) is 16.3. The van der Waals surface area contributed by atoms with E-state index in [4.69, 9.17) is 0 Å². The Hall–Kier alpha value is -1.99. The highest BCUT2D eigenvalue weighted by Gasteiger charge is 2.16. The summed E-state index contributed by atoms with van der Waals surface area (Å²) in [5.74, 6) is 0. The van der Waals surface area contributed by atoms with Crippen LogP contribution in [0, 0.1) is 20.8 Å². The Morgan fingerprint density at radius 1 is 1.14 bits per heavy atom. The minimum atomic E-state index is -3.60. The molecule has 1 aromatic heterocycles. The maximum absolute atomic E-state index is 12.3. The van der Waals surface area contributed by atoms with Gasteiger partial charge in [-0.05, 0) is 44.0 Å². The summed E-state index contributed by atoms with van der Waals surface area (Å²) in [4.78, 5) is 11.9. The average Bonchev–Trinajstić information content (AvgIpc) is 2.45. The second kappa shape index (κ2) is 6.41. The lowest BCUT2D eigenvalue weighted by Crippen LogP contribution is -2.32. The molecule has 0 aliphatic heterocycles. The van der Waals surface area contributed by atoms with Crippen LogP contribution in [0.25, 0.3) is 0 Å². The number of hydrogen-bond acceptors (Lipinski definition) is 4. The van der Waals surface area contributed by atoms with Crippen LogP contribution in [0.5, 0.6) is 0 Å². The monoisotopic (exact) mass is 321 g/mol. The van der Waals surface area contributed by atoms with E-state index >= 15 is 0 Å². The van der Waals surface area contributed by atoms with Crippen LogP contribution in [0.2, 0.25) is 0 Å². The fourth-order valence-electron chi connectivity index (χ4n) is 2.07. The Labute approximate surface area is 129 Å². The van der Waals surface area contributed by atoms with Crippen molar-refractivity contribution in [2.75, 3.05) is 6.54 Å². The van der Waals surface area contributed by atoms with Crippen LogP contribution in [-0.4, -0.2) is 24.7 Å². The normalized spacial score (nSPS) is 11.6. The number of nitrogens with one attached hydrogen (secondary N) is 1. The van der Waals surface area contributed by atoms with E-state index in [1.165, 1.54) is 10.7 Å². The molecule has 0 saturated heterocycles. The van der Waals surface area contributed by atoms with Crippen molar-refractivity contribution in [2.45, 2.75) is 32.2 Å². The first kappa shape index (κ1) is 16.4. The molecule has 1 N–H and O–H groups in total. The molecule has 0 atom stereocenters. The van der Waals surface area contributed by atoms with Crippen LogP contribution in [0.3, 0.4) is 0 Å². The van der Waals surface area contributed by atoms with E-state index in [1.807, 2.05) is 13.0 Å². The smallest absolute Gasteiger partial charge is 0.266 e. The van der Waals surface area contributed by atoms with Gasteiger partial charge in [-0.1, -0.05) is 12.1 Å². The van der Waals surface area contributed by atoms with E-state index in [2.05, 4.69) is 9.82 Å². The highest BCUT2D eigenvalue weighted by molar-refractivity contribution is 7.89. The van der Waals surface area contributed by atoms with Crippen molar-refractivity contribution in [1.82, 2.24) is 14.5 Å². The third-order valence-corrected chi connectivity index (χ3v) is 4.85. The summed E-state index contributed by atoms with van der Waals surface area (Å²) < 4.78 is 28.4. The van der Waals surface area contributed by atoms with Crippen molar-refractivity contribution in [3.63, 3.8) is 0 Å². The van der Waals surface area contributed by atoms with Crippen molar-refractivity contribution in [1.29, 1.82) is 0 Å². The first-order valence-electron chi connectivity index (χ1n) is 6.91. The van der Waals surface area contributed by atoms with Crippen LogP contribution in [-0.2, 0) is 16.6 Å². The van der Waals surface area contributed by atoms with Gasteiger partial charge in [0.1, 0.15) is 0 Å². The van der Waals surface area contributed by atoms with E-state index in [-0.39, 0.29) is 23.5 Å². The van der Waals surface area contributed by atoms with E-state index in [9.17, 15) is 13.2 Å².